The minimum atomic E-state index is -4.94. The molecule has 2 fully saturated rings. The number of halogens is 4. The highest BCUT2D eigenvalue weighted by molar-refractivity contribution is 7.16. The van der Waals surface area contributed by atoms with Gasteiger partial charge in [-0.1, -0.05) is 23.5 Å². The maximum atomic E-state index is 14.6. The molecule has 2 amide bonds. The summed E-state index contributed by atoms with van der Waals surface area (Å²) in [6.45, 7) is 0.654. The number of amides is 2. The molecule has 3 aromatic rings. The standard InChI is InChI=1S/C29H32F4N4O7S/c30-19-12-17(3-6-36(27(42)43)15-22(39)20-1-2-21(38)23-24(20)45-26(41)34-23)11-18(13-19)14-35-7-4-28(5-8-35)16-37(9-10-44-28)25(40)29(31,32)33/h1-2,11-13,22,38-39H,3-10,14-16H2,(H,34,41)(H,42,43). The van der Waals surface area contributed by atoms with Crippen LogP contribution in [0.1, 0.15) is 35.6 Å². The number of nitrogens with one attached hydrogen (secondary N) is 1. The zero-order valence-corrected chi connectivity index (χ0v) is 24.8. The summed E-state index contributed by atoms with van der Waals surface area (Å²) in [6, 6.07) is 7.15. The minimum absolute atomic E-state index is 0.0203. The number of aromatic hydroxyl groups is 1. The number of nitrogens with zero attached hydrogens (tertiary/aromatic N) is 3. The molecule has 2 saturated heterocycles. The van der Waals surface area contributed by atoms with Crippen LogP contribution in [-0.2, 0) is 22.5 Å². The summed E-state index contributed by atoms with van der Waals surface area (Å²) in [5.41, 5.74) is 0.747. The van der Waals surface area contributed by atoms with Crippen molar-refractivity contribution in [2.75, 3.05) is 45.9 Å². The van der Waals surface area contributed by atoms with Crippen molar-refractivity contribution in [3.63, 3.8) is 0 Å². The average Bonchev–Trinajstić information content (AvgIpc) is 3.37. The number of piperidine rings is 1. The summed E-state index contributed by atoms with van der Waals surface area (Å²) in [4.78, 5) is 41.4. The molecular formula is C29H32F4N4O7S. The third kappa shape index (κ3) is 7.57. The molecule has 244 valence electrons. The number of aliphatic hydroxyl groups excluding tert-OH is 1. The lowest BCUT2D eigenvalue weighted by Gasteiger charge is -2.47. The van der Waals surface area contributed by atoms with E-state index in [-0.39, 0.29) is 56.0 Å². The first-order valence-corrected chi connectivity index (χ1v) is 15.1. The van der Waals surface area contributed by atoms with Gasteiger partial charge in [-0.2, -0.15) is 13.2 Å². The van der Waals surface area contributed by atoms with E-state index in [1.165, 1.54) is 24.3 Å². The Balaban J connectivity index is 1.18. The van der Waals surface area contributed by atoms with E-state index in [0.29, 0.717) is 48.3 Å². The molecule has 45 heavy (non-hydrogen) atoms. The summed E-state index contributed by atoms with van der Waals surface area (Å²) in [5.74, 6) is -2.55. The van der Waals surface area contributed by atoms with Gasteiger partial charge in [-0.3, -0.25) is 14.5 Å². The molecule has 11 nitrogen and oxygen atoms in total. The zero-order chi connectivity index (χ0) is 32.5. The number of ether oxygens (including phenoxy) is 1. The summed E-state index contributed by atoms with van der Waals surface area (Å²) in [6.07, 6.45) is -6.59. The van der Waals surface area contributed by atoms with E-state index < -0.39 is 40.6 Å². The van der Waals surface area contributed by atoms with E-state index in [1.807, 2.05) is 4.90 Å². The van der Waals surface area contributed by atoms with Crippen LogP contribution in [0.2, 0.25) is 0 Å². The number of aliphatic hydroxyl groups is 1. The van der Waals surface area contributed by atoms with E-state index in [2.05, 4.69) is 4.98 Å². The van der Waals surface area contributed by atoms with Crippen molar-refractivity contribution in [3.05, 3.63) is 62.5 Å². The molecule has 0 aliphatic carbocycles. The number of phenolic OH excluding ortho intramolecular Hbond substituents is 1. The number of aromatic amines is 1. The number of thiazole rings is 1. The van der Waals surface area contributed by atoms with Gasteiger partial charge in [0, 0.05) is 38.3 Å². The molecule has 5 rings (SSSR count). The largest absolute Gasteiger partial charge is 0.506 e. The van der Waals surface area contributed by atoms with E-state index in [9.17, 15) is 47.3 Å². The van der Waals surface area contributed by atoms with Gasteiger partial charge in [-0.15, -0.1) is 0 Å². The maximum absolute atomic E-state index is 14.6. The minimum Gasteiger partial charge on any atom is -0.506 e. The number of likely N-dealkylation sites (tertiary alicyclic amines) is 1. The number of hydrogen-bond acceptors (Lipinski definition) is 8. The van der Waals surface area contributed by atoms with Crippen LogP contribution in [-0.4, -0.2) is 105 Å². The molecule has 4 N–H and O–H groups in total. The van der Waals surface area contributed by atoms with Crippen LogP contribution in [0.15, 0.2) is 35.1 Å². The maximum Gasteiger partial charge on any atom is 0.471 e. The molecule has 3 heterocycles. The van der Waals surface area contributed by atoms with Crippen LogP contribution >= 0.6 is 11.3 Å². The summed E-state index contributed by atoms with van der Waals surface area (Å²) < 4.78 is 59.6. The number of alkyl halides is 3. The Morgan fingerprint density at radius 1 is 1.13 bits per heavy atom. The van der Waals surface area contributed by atoms with E-state index >= 15 is 0 Å². The Labute approximate surface area is 258 Å². The number of phenols is 1. The third-order valence-corrected chi connectivity index (χ3v) is 9.18. The monoisotopic (exact) mass is 656 g/mol. The average molecular weight is 657 g/mol. The second-order valence-corrected chi connectivity index (χ2v) is 12.4. The van der Waals surface area contributed by atoms with Gasteiger partial charge in [0.1, 0.15) is 17.1 Å². The van der Waals surface area contributed by atoms with Gasteiger partial charge in [0.15, 0.2) is 0 Å². The SMILES string of the molecule is O=C(O)N(CCc1cc(F)cc(CN2CCC3(CC2)CN(C(=O)C(F)(F)F)CCO3)c1)CC(O)c1ccc(O)c2[nH]c(=O)sc12. The van der Waals surface area contributed by atoms with Crippen molar-refractivity contribution >= 4 is 33.6 Å². The van der Waals surface area contributed by atoms with Crippen molar-refractivity contribution in [3.8, 4) is 5.75 Å². The van der Waals surface area contributed by atoms with E-state index in [0.717, 1.165) is 21.1 Å². The highest BCUT2D eigenvalue weighted by Gasteiger charge is 2.48. The highest BCUT2D eigenvalue weighted by atomic mass is 32.1. The van der Waals surface area contributed by atoms with Gasteiger partial charge in [-0.25, -0.2) is 9.18 Å². The number of H-pyrrole nitrogens is 1. The lowest BCUT2D eigenvalue weighted by Crippen LogP contribution is -2.59. The summed E-state index contributed by atoms with van der Waals surface area (Å²) in [5, 5.41) is 30.6. The Bertz CT molecular complexity index is 1620. The topological polar surface area (TPSA) is 147 Å². The van der Waals surface area contributed by atoms with Gasteiger partial charge < -0.3 is 34.8 Å². The van der Waals surface area contributed by atoms with Gasteiger partial charge in [0.25, 0.3) is 0 Å². The lowest BCUT2D eigenvalue weighted by atomic mass is 9.89. The number of rotatable bonds is 8. The van der Waals surface area contributed by atoms with Gasteiger partial charge in [-0.05, 0) is 48.6 Å². The van der Waals surface area contributed by atoms with Crippen LogP contribution < -0.4 is 4.87 Å². The van der Waals surface area contributed by atoms with Crippen LogP contribution in [0.25, 0.3) is 10.2 Å². The number of carboxylic acid groups (broad SMARTS) is 1. The number of morpholine rings is 1. The smallest absolute Gasteiger partial charge is 0.471 e. The van der Waals surface area contributed by atoms with Gasteiger partial charge in [0.2, 0.25) is 0 Å². The van der Waals surface area contributed by atoms with Crippen molar-refractivity contribution in [1.29, 1.82) is 0 Å². The predicted molar refractivity (Wildman–Crippen MR) is 155 cm³/mol. The number of aromatic nitrogens is 1. The van der Waals surface area contributed by atoms with E-state index in [4.69, 9.17) is 4.74 Å². The predicted octanol–water partition coefficient (Wildman–Crippen LogP) is 3.45. The second-order valence-electron chi connectivity index (χ2n) is 11.4. The lowest BCUT2D eigenvalue weighted by molar-refractivity contribution is -0.200. The Morgan fingerprint density at radius 2 is 1.84 bits per heavy atom. The molecule has 0 saturated carbocycles. The summed E-state index contributed by atoms with van der Waals surface area (Å²) >= 11 is 0.786. The first kappa shape index (κ1) is 32.7. The molecule has 0 radical (unpaired) electrons. The number of fused-ring (bicyclic) bond motifs is 1. The quantitative estimate of drug-likeness (QED) is 0.270. The first-order chi connectivity index (χ1) is 21.2. The van der Waals surface area contributed by atoms with Crippen molar-refractivity contribution in [1.82, 2.24) is 19.7 Å². The number of hydrogen-bond donors (Lipinski definition) is 4. The fourth-order valence-corrected chi connectivity index (χ4v) is 6.89. The van der Waals surface area contributed by atoms with Crippen LogP contribution in [0.3, 0.4) is 0 Å². The van der Waals surface area contributed by atoms with Crippen LogP contribution in [0.5, 0.6) is 5.75 Å². The second kappa shape index (κ2) is 12.9. The van der Waals surface area contributed by atoms with Crippen LogP contribution in [0.4, 0.5) is 22.4 Å². The molecular weight excluding hydrogens is 624 g/mol. The molecule has 1 atom stereocenters. The third-order valence-electron chi connectivity index (χ3n) is 8.25. The van der Waals surface area contributed by atoms with Crippen molar-refractivity contribution in [2.24, 2.45) is 0 Å². The zero-order valence-electron chi connectivity index (χ0n) is 24.0. The Kier molecular flexibility index (Phi) is 9.39. The molecule has 1 aromatic heterocycles. The van der Waals surface area contributed by atoms with Crippen molar-refractivity contribution in [2.45, 2.75) is 43.7 Å². The normalized spacial score (nSPS) is 17.9. The molecule has 2 aliphatic rings. The van der Waals surface area contributed by atoms with Crippen LogP contribution in [0, 0.1) is 5.82 Å². The van der Waals surface area contributed by atoms with Crippen molar-refractivity contribution < 1.29 is 47.2 Å². The highest BCUT2D eigenvalue weighted by Crippen LogP contribution is 2.34. The molecule has 0 bridgehead atoms. The molecule has 1 unspecified atom stereocenters. The van der Waals surface area contributed by atoms with Gasteiger partial charge >= 0.3 is 23.0 Å². The number of benzene rings is 2. The van der Waals surface area contributed by atoms with Gasteiger partial charge in [0.05, 0.1) is 36.1 Å². The van der Waals surface area contributed by atoms with E-state index in [1.54, 1.807) is 6.07 Å². The Hall–Kier alpha value is -3.73. The molecule has 16 heteroatoms. The fourth-order valence-electron chi connectivity index (χ4n) is 5.97. The number of carbonyl (C=O) groups excluding carboxylic acids is 1. The number of carbonyl (C=O) groups is 2. The first-order valence-electron chi connectivity index (χ1n) is 14.2. The molecule has 1 spiro atoms. The fraction of sp³-hybridized carbons (Fsp3) is 0.483. The summed E-state index contributed by atoms with van der Waals surface area (Å²) in [7, 11) is 0. The Morgan fingerprint density at radius 3 is 2.53 bits per heavy atom. The molecule has 2 aromatic carbocycles. The molecule has 2 aliphatic heterocycles.